The molecule has 0 spiro atoms. The maximum atomic E-state index is 9.01. The number of aliphatic hydroxyl groups is 1. The van der Waals surface area contributed by atoms with Crippen LogP contribution in [0.1, 0.15) is 11.3 Å². The Bertz CT molecular complexity index is 1180. The molecular formula is C21H19Cl2N5O2. The molecule has 0 saturated heterocycles. The first-order valence-electron chi connectivity index (χ1n) is 9.27. The molecule has 0 bridgehead atoms. The number of anilines is 1. The molecule has 4 rings (SSSR count). The third kappa shape index (κ3) is 4.05. The molecule has 9 heteroatoms. The molecule has 3 heterocycles. The van der Waals surface area contributed by atoms with Crippen molar-refractivity contribution in [1.82, 2.24) is 19.5 Å². The third-order valence-electron chi connectivity index (χ3n) is 4.54. The van der Waals surface area contributed by atoms with Gasteiger partial charge in [0.1, 0.15) is 23.7 Å². The summed E-state index contributed by atoms with van der Waals surface area (Å²) in [6, 6.07) is 7.77. The summed E-state index contributed by atoms with van der Waals surface area (Å²) in [6.07, 6.45) is 6.88. The van der Waals surface area contributed by atoms with E-state index in [1.54, 1.807) is 12.5 Å². The lowest BCUT2D eigenvalue weighted by molar-refractivity contribution is 0.309. The minimum Gasteiger partial charge on any atom is -0.487 e. The van der Waals surface area contributed by atoms with Crippen LogP contribution in [-0.2, 0) is 6.61 Å². The molecule has 0 aliphatic heterocycles. The number of nitrogens with zero attached hydrogens (tertiary/aromatic N) is 4. The number of rotatable bonds is 7. The van der Waals surface area contributed by atoms with Crippen LogP contribution < -0.4 is 10.1 Å². The van der Waals surface area contributed by atoms with Crippen LogP contribution in [0.4, 0.5) is 5.82 Å². The van der Waals surface area contributed by atoms with E-state index in [-0.39, 0.29) is 13.2 Å². The minimum atomic E-state index is -0.0350. The van der Waals surface area contributed by atoms with Gasteiger partial charge >= 0.3 is 0 Å². The highest BCUT2D eigenvalue weighted by Crippen LogP contribution is 2.33. The van der Waals surface area contributed by atoms with Crippen LogP contribution in [0.5, 0.6) is 5.75 Å². The summed E-state index contributed by atoms with van der Waals surface area (Å²) >= 11 is 12.8. The highest BCUT2D eigenvalue weighted by atomic mass is 35.5. The second-order valence-corrected chi connectivity index (χ2v) is 7.38. The summed E-state index contributed by atoms with van der Waals surface area (Å²) in [4.78, 5) is 13.0. The van der Waals surface area contributed by atoms with Crippen LogP contribution in [0.2, 0.25) is 10.0 Å². The van der Waals surface area contributed by atoms with Gasteiger partial charge in [0, 0.05) is 41.8 Å². The fraction of sp³-hybridized carbons (Fsp3) is 0.190. The Hall–Kier alpha value is -2.87. The highest BCUT2D eigenvalue weighted by molar-refractivity contribution is 6.37. The van der Waals surface area contributed by atoms with Crippen LogP contribution in [0.25, 0.3) is 16.6 Å². The topological polar surface area (TPSA) is 85.1 Å². The van der Waals surface area contributed by atoms with Gasteiger partial charge in [-0.25, -0.2) is 15.0 Å². The number of ether oxygens (including phenoxy) is 1. The molecule has 3 aromatic heterocycles. The molecule has 0 amide bonds. The van der Waals surface area contributed by atoms with Crippen LogP contribution in [-0.4, -0.2) is 37.8 Å². The lowest BCUT2D eigenvalue weighted by atomic mass is 10.1. The molecule has 0 radical (unpaired) electrons. The summed E-state index contributed by atoms with van der Waals surface area (Å²) in [5.41, 5.74) is 3.17. The summed E-state index contributed by atoms with van der Waals surface area (Å²) in [7, 11) is 0. The fourth-order valence-electron chi connectivity index (χ4n) is 3.14. The molecule has 7 nitrogen and oxygen atoms in total. The number of benzene rings is 1. The van der Waals surface area contributed by atoms with Crippen LogP contribution in [0.15, 0.2) is 49.2 Å². The van der Waals surface area contributed by atoms with Crippen molar-refractivity contribution in [3.63, 3.8) is 0 Å². The monoisotopic (exact) mass is 443 g/mol. The molecule has 1 aromatic carbocycles. The number of imidazole rings is 1. The van der Waals surface area contributed by atoms with Crippen molar-refractivity contribution in [2.45, 2.75) is 13.5 Å². The van der Waals surface area contributed by atoms with Gasteiger partial charge in [0.25, 0.3) is 0 Å². The number of hydrogen-bond acceptors (Lipinski definition) is 6. The maximum absolute atomic E-state index is 9.01. The quantitative estimate of drug-likeness (QED) is 0.439. The normalized spacial score (nSPS) is 11.1. The van der Waals surface area contributed by atoms with E-state index in [4.69, 9.17) is 33.0 Å². The van der Waals surface area contributed by atoms with Gasteiger partial charge in [0.15, 0.2) is 0 Å². The molecule has 154 valence electrons. The molecule has 0 aliphatic carbocycles. The number of aliphatic hydroxyl groups excluding tert-OH is 1. The predicted octanol–water partition coefficient (Wildman–Crippen LogP) is 4.41. The molecule has 4 aromatic rings. The van der Waals surface area contributed by atoms with Crippen LogP contribution in [0, 0.1) is 6.92 Å². The number of fused-ring (bicyclic) bond motifs is 1. The minimum absolute atomic E-state index is 0.0350. The van der Waals surface area contributed by atoms with Crippen molar-refractivity contribution >= 4 is 39.9 Å². The highest BCUT2D eigenvalue weighted by Gasteiger charge is 2.15. The zero-order valence-electron chi connectivity index (χ0n) is 16.1. The number of para-hydroxylation sites is 1. The van der Waals surface area contributed by atoms with E-state index in [0.29, 0.717) is 33.7 Å². The Morgan fingerprint density at radius 1 is 1.27 bits per heavy atom. The van der Waals surface area contributed by atoms with Gasteiger partial charge in [-0.05, 0) is 19.1 Å². The molecule has 0 atom stereocenters. The number of aryl methyl sites for hydroxylation is 1. The van der Waals surface area contributed by atoms with E-state index in [2.05, 4.69) is 20.3 Å². The Balaban J connectivity index is 1.69. The lowest BCUT2D eigenvalue weighted by Gasteiger charge is -2.15. The van der Waals surface area contributed by atoms with Gasteiger partial charge in [-0.1, -0.05) is 35.3 Å². The van der Waals surface area contributed by atoms with Crippen molar-refractivity contribution in [3.05, 3.63) is 70.5 Å². The van der Waals surface area contributed by atoms with Crippen LogP contribution >= 0.6 is 23.2 Å². The predicted molar refractivity (Wildman–Crippen MR) is 118 cm³/mol. The molecular weight excluding hydrogens is 425 g/mol. The molecule has 0 fully saturated rings. The lowest BCUT2D eigenvalue weighted by Crippen LogP contribution is -2.09. The average Bonchev–Trinajstić information content (AvgIpc) is 3.27. The number of pyridine rings is 2. The summed E-state index contributed by atoms with van der Waals surface area (Å²) in [5, 5.41) is 13.7. The number of hydrogen-bond donors (Lipinski definition) is 2. The molecule has 0 unspecified atom stereocenters. The van der Waals surface area contributed by atoms with Crippen molar-refractivity contribution < 1.29 is 9.84 Å². The largest absolute Gasteiger partial charge is 0.487 e. The summed E-state index contributed by atoms with van der Waals surface area (Å²) in [6.45, 7) is 2.38. The molecule has 2 N–H and O–H groups in total. The number of aromatic nitrogens is 4. The van der Waals surface area contributed by atoms with Gasteiger partial charge in [0.05, 0.1) is 28.7 Å². The van der Waals surface area contributed by atoms with E-state index in [1.807, 2.05) is 42.0 Å². The first-order valence-corrected chi connectivity index (χ1v) is 10.0. The van der Waals surface area contributed by atoms with Gasteiger partial charge < -0.3 is 19.7 Å². The Labute approximate surface area is 183 Å². The SMILES string of the molecule is Cc1cc(-n2ccnc2)c2cccc(OCc3c(Cl)cnc(NCCO)c3Cl)c2n1. The Morgan fingerprint density at radius 3 is 2.90 bits per heavy atom. The zero-order chi connectivity index (χ0) is 21.1. The average molecular weight is 444 g/mol. The van der Waals surface area contributed by atoms with Gasteiger partial charge in [-0.2, -0.15) is 0 Å². The second kappa shape index (κ2) is 8.87. The van der Waals surface area contributed by atoms with Crippen molar-refractivity contribution in [2.75, 3.05) is 18.5 Å². The first kappa shape index (κ1) is 20.4. The fourth-order valence-corrected chi connectivity index (χ4v) is 3.66. The van der Waals surface area contributed by atoms with E-state index in [9.17, 15) is 0 Å². The van der Waals surface area contributed by atoms with E-state index < -0.39 is 0 Å². The summed E-state index contributed by atoms with van der Waals surface area (Å²) < 4.78 is 8.03. The van der Waals surface area contributed by atoms with Crippen LogP contribution in [0.3, 0.4) is 0 Å². The van der Waals surface area contributed by atoms with E-state index >= 15 is 0 Å². The van der Waals surface area contributed by atoms with Gasteiger partial charge in [0.2, 0.25) is 0 Å². The van der Waals surface area contributed by atoms with Crippen molar-refractivity contribution in [2.24, 2.45) is 0 Å². The molecule has 0 saturated carbocycles. The first-order chi connectivity index (χ1) is 14.6. The van der Waals surface area contributed by atoms with Crippen molar-refractivity contribution in [3.8, 4) is 11.4 Å². The standard InChI is InChI=1S/C21H19Cl2N5O2/c1-13-9-17(28-7-5-24-12-28)14-3-2-4-18(20(14)27-13)30-11-15-16(22)10-26-21(19(15)23)25-6-8-29/h2-5,7,9-10,12,29H,6,8,11H2,1H3,(H,25,26). The van der Waals surface area contributed by atoms with E-state index in [1.165, 1.54) is 6.20 Å². The number of nitrogens with one attached hydrogen (secondary N) is 1. The summed E-state index contributed by atoms with van der Waals surface area (Å²) in [5.74, 6) is 1.06. The maximum Gasteiger partial charge on any atom is 0.146 e. The molecule has 30 heavy (non-hydrogen) atoms. The Morgan fingerprint density at radius 2 is 2.13 bits per heavy atom. The smallest absolute Gasteiger partial charge is 0.146 e. The van der Waals surface area contributed by atoms with E-state index in [0.717, 1.165) is 22.3 Å². The number of halogens is 2. The second-order valence-electron chi connectivity index (χ2n) is 6.59. The van der Waals surface area contributed by atoms with Gasteiger partial charge in [-0.15, -0.1) is 0 Å². The van der Waals surface area contributed by atoms with Crippen molar-refractivity contribution in [1.29, 1.82) is 0 Å². The third-order valence-corrected chi connectivity index (χ3v) is 5.27. The molecule has 0 aliphatic rings. The Kier molecular flexibility index (Phi) is 6.03. The zero-order valence-corrected chi connectivity index (χ0v) is 17.7. The van der Waals surface area contributed by atoms with Gasteiger partial charge in [-0.3, -0.25) is 0 Å².